The van der Waals surface area contributed by atoms with Gasteiger partial charge >= 0.3 is 18.4 Å². The predicted molar refractivity (Wildman–Crippen MR) is 178 cm³/mol. The minimum atomic E-state index is -4.56. The average molecular weight is 764 g/mol. The van der Waals surface area contributed by atoms with Gasteiger partial charge in [0.1, 0.15) is 5.60 Å². The van der Waals surface area contributed by atoms with Crippen molar-refractivity contribution in [2.45, 2.75) is 58.2 Å². The highest BCUT2D eigenvalue weighted by molar-refractivity contribution is 6.05. The number of halogens is 8. The summed E-state index contributed by atoms with van der Waals surface area (Å²) >= 11 is 0. The van der Waals surface area contributed by atoms with E-state index in [2.05, 4.69) is 9.97 Å². The van der Waals surface area contributed by atoms with Crippen molar-refractivity contribution in [3.63, 3.8) is 0 Å². The molecule has 0 saturated carbocycles. The normalized spacial score (nSPS) is 14.5. The Morgan fingerprint density at radius 2 is 1.09 bits per heavy atom. The molecule has 9 nitrogen and oxygen atoms in total. The van der Waals surface area contributed by atoms with E-state index in [-0.39, 0.29) is 28.2 Å². The second-order valence-electron chi connectivity index (χ2n) is 13.6. The maximum atomic E-state index is 15.9. The van der Waals surface area contributed by atoms with Gasteiger partial charge in [0, 0.05) is 25.5 Å². The lowest BCUT2D eigenvalue weighted by atomic mass is 9.84. The smallest absolute Gasteiger partial charge is 0.416 e. The number of carbonyl (C=O) groups excluding carboxylic acids is 3. The molecule has 1 aliphatic heterocycles. The zero-order valence-corrected chi connectivity index (χ0v) is 29.0. The van der Waals surface area contributed by atoms with Crippen LogP contribution in [0.1, 0.15) is 49.7 Å². The van der Waals surface area contributed by atoms with Gasteiger partial charge in [-0.25, -0.2) is 4.79 Å². The van der Waals surface area contributed by atoms with E-state index >= 15 is 8.96 Å². The summed E-state index contributed by atoms with van der Waals surface area (Å²) in [6.45, 7) is 2.00. The standard InChI is InChI=1S/C37H33F8N5O4/c1-34(2,3)54-33(53)48-17-14-35(22-48,31(51)49(44)20-29-18-25(12-15-46-29)23-4-8-27(9-5-23)36(38,39)40)32(52)50(45)21-30-19-26(13-16-47-30)24-6-10-28(11-7-24)37(41,42)43/h4-13,15-16,18-19H,14,17,20-22H2,1-3H3. The number of ether oxygens (including phenoxy) is 1. The Labute approximate surface area is 304 Å². The Hall–Kier alpha value is -5.61. The van der Waals surface area contributed by atoms with Crippen molar-refractivity contribution < 1.29 is 54.4 Å². The summed E-state index contributed by atoms with van der Waals surface area (Å²) in [6, 6.07) is 13.9. The van der Waals surface area contributed by atoms with Gasteiger partial charge in [-0.15, -0.1) is 0 Å². The largest absolute Gasteiger partial charge is 0.444 e. The molecule has 0 atom stereocenters. The molecule has 1 aliphatic rings. The molecule has 3 amide bonds. The lowest BCUT2D eigenvalue weighted by Gasteiger charge is -2.31. The van der Waals surface area contributed by atoms with E-state index in [1.807, 2.05) is 0 Å². The van der Waals surface area contributed by atoms with E-state index in [0.29, 0.717) is 22.3 Å². The number of carbonyl (C=O) groups is 3. The van der Waals surface area contributed by atoms with E-state index in [9.17, 15) is 40.7 Å². The molecule has 2 aromatic heterocycles. The Morgan fingerprint density at radius 3 is 1.46 bits per heavy atom. The lowest BCUT2D eigenvalue weighted by Crippen LogP contribution is -2.52. The van der Waals surface area contributed by atoms with Crippen molar-refractivity contribution in [1.82, 2.24) is 25.1 Å². The highest BCUT2D eigenvalue weighted by Crippen LogP contribution is 2.38. The fraction of sp³-hybridized carbons (Fsp3) is 0.324. The van der Waals surface area contributed by atoms with Gasteiger partial charge in [-0.1, -0.05) is 33.2 Å². The molecular weight excluding hydrogens is 730 g/mol. The summed E-state index contributed by atoms with van der Waals surface area (Å²) in [5.41, 5.74) is -3.97. The van der Waals surface area contributed by atoms with Gasteiger partial charge in [0.15, 0.2) is 5.41 Å². The van der Waals surface area contributed by atoms with Gasteiger partial charge in [-0.3, -0.25) is 19.6 Å². The fourth-order valence-corrected chi connectivity index (χ4v) is 5.82. The van der Waals surface area contributed by atoms with Crippen LogP contribution in [-0.2, 0) is 39.8 Å². The number of hydrogen-bond acceptors (Lipinski definition) is 6. The first kappa shape index (κ1) is 39.6. The van der Waals surface area contributed by atoms with Gasteiger partial charge < -0.3 is 9.64 Å². The number of amides is 3. The molecule has 2 aromatic carbocycles. The lowest BCUT2D eigenvalue weighted by molar-refractivity contribution is -0.175. The van der Waals surface area contributed by atoms with Crippen LogP contribution in [0.5, 0.6) is 0 Å². The SMILES string of the molecule is CC(C)(C)OC(=O)N1CCC(C(=O)N(F)Cc2cc(-c3ccc(C(F)(F)F)cc3)ccn2)(C(=O)N(F)Cc2cc(-c3ccc(C(F)(F)F)cc3)ccn2)C1. The molecule has 54 heavy (non-hydrogen) atoms. The minimum absolute atomic E-state index is 0.0609. The van der Waals surface area contributed by atoms with Crippen molar-refractivity contribution in [2.24, 2.45) is 5.41 Å². The first-order valence-electron chi connectivity index (χ1n) is 16.3. The van der Waals surface area contributed by atoms with Crippen LogP contribution in [0.15, 0.2) is 85.2 Å². The maximum Gasteiger partial charge on any atom is 0.416 e. The molecule has 1 saturated heterocycles. The number of aromatic nitrogens is 2. The topological polar surface area (TPSA) is 95.9 Å². The van der Waals surface area contributed by atoms with Crippen LogP contribution in [0.4, 0.5) is 40.1 Å². The predicted octanol–water partition coefficient (Wildman–Crippen LogP) is 8.60. The van der Waals surface area contributed by atoms with Gasteiger partial charge in [0.2, 0.25) is 0 Å². The van der Waals surface area contributed by atoms with Crippen molar-refractivity contribution >= 4 is 17.9 Å². The molecule has 4 aromatic rings. The summed E-state index contributed by atoms with van der Waals surface area (Å²) in [7, 11) is 0. The van der Waals surface area contributed by atoms with Crippen molar-refractivity contribution in [2.75, 3.05) is 13.1 Å². The molecule has 0 spiro atoms. The van der Waals surface area contributed by atoms with E-state index in [1.54, 1.807) is 20.8 Å². The summed E-state index contributed by atoms with van der Waals surface area (Å²) in [5.74, 6) is -2.98. The summed E-state index contributed by atoms with van der Waals surface area (Å²) in [5, 5.41) is -0.681. The number of likely N-dealkylation sites (tertiary alicyclic amines) is 1. The van der Waals surface area contributed by atoms with E-state index in [1.165, 1.54) is 60.9 Å². The number of alkyl halides is 6. The molecule has 0 N–H and O–H groups in total. The van der Waals surface area contributed by atoms with E-state index in [0.717, 1.165) is 29.2 Å². The van der Waals surface area contributed by atoms with Crippen LogP contribution in [0.3, 0.4) is 0 Å². The van der Waals surface area contributed by atoms with Crippen LogP contribution >= 0.6 is 0 Å². The van der Waals surface area contributed by atoms with Crippen LogP contribution in [-0.4, -0.2) is 61.7 Å². The zero-order chi connectivity index (χ0) is 39.6. The maximum absolute atomic E-state index is 15.9. The quantitative estimate of drug-likeness (QED) is 0.101. The van der Waals surface area contributed by atoms with Crippen LogP contribution < -0.4 is 0 Å². The highest BCUT2D eigenvalue weighted by atomic mass is 19.4. The third-order valence-electron chi connectivity index (χ3n) is 8.51. The van der Waals surface area contributed by atoms with Crippen molar-refractivity contribution in [3.05, 3.63) is 108 Å². The van der Waals surface area contributed by atoms with Crippen molar-refractivity contribution in [1.29, 1.82) is 0 Å². The number of nitrogens with zero attached hydrogens (tertiary/aromatic N) is 5. The molecule has 286 valence electrons. The summed E-state index contributed by atoms with van der Waals surface area (Å²) in [4.78, 5) is 49.7. The molecule has 0 radical (unpaired) electrons. The first-order valence-corrected chi connectivity index (χ1v) is 16.3. The highest BCUT2D eigenvalue weighted by Gasteiger charge is 2.56. The number of benzene rings is 2. The van der Waals surface area contributed by atoms with Gasteiger partial charge in [-0.2, -0.15) is 36.6 Å². The molecule has 0 bridgehead atoms. The molecule has 0 aliphatic carbocycles. The molecule has 1 fully saturated rings. The Kier molecular flexibility index (Phi) is 11.0. The summed E-state index contributed by atoms with van der Waals surface area (Å²) in [6.07, 6.45) is -8.06. The second-order valence-corrected chi connectivity index (χ2v) is 13.6. The molecule has 17 heteroatoms. The van der Waals surface area contributed by atoms with Crippen molar-refractivity contribution in [3.8, 4) is 22.3 Å². The third kappa shape index (κ3) is 9.12. The Morgan fingerprint density at radius 1 is 0.685 bits per heavy atom. The number of hydrogen-bond donors (Lipinski definition) is 0. The Balaban J connectivity index is 1.38. The summed E-state index contributed by atoms with van der Waals surface area (Å²) < 4.78 is 115. The molecule has 5 rings (SSSR count). The number of rotatable bonds is 8. The Bertz CT molecular complexity index is 1880. The molecule has 3 heterocycles. The monoisotopic (exact) mass is 763 g/mol. The zero-order valence-electron chi connectivity index (χ0n) is 29.0. The first-order chi connectivity index (χ1) is 25.2. The fourth-order valence-electron chi connectivity index (χ4n) is 5.82. The molecule has 0 unspecified atom stereocenters. The van der Waals surface area contributed by atoms with E-state index in [4.69, 9.17) is 4.74 Å². The third-order valence-corrected chi connectivity index (χ3v) is 8.51. The average Bonchev–Trinajstić information content (AvgIpc) is 3.57. The van der Waals surface area contributed by atoms with Crippen LogP contribution in [0.25, 0.3) is 22.3 Å². The van der Waals surface area contributed by atoms with Gasteiger partial charge in [0.25, 0.3) is 11.8 Å². The minimum Gasteiger partial charge on any atom is -0.444 e. The van der Waals surface area contributed by atoms with Crippen LogP contribution in [0, 0.1) is 5.41 Å². The number of pyridine rings is 2. The van der Waals surface area contributed by atoms with Gasteiger partial charge in [-0.05, 0) is 98.0 Å². The van der Waals surface area contributed by atoms with E-state index < -0.39 is 78.5 Å². The van der Waals surface area contributed by atoms with Crippen LogP contribution in [0.2, 0.25) is 0 Å². The van der Waals surface area contributed by atoms with Gasteiger partial charge in [0.05, 0.1) is 35.6 Å². The molecular formula is C37H33F8N5O4. The second kappa shape index (κ2) is 15.0.